The Labute approximate surface area is 234 Å². The molecule has 0 spiro atoms. The van der Waals surface area contributed by atoms with E-state index in [2.05, 4.69) is 10.6 Å². The van der Waals surface area contributed by atoms with Gasteiger partial charge in [-0.25, -0.2) is 9.59 Å². The fraction of sp³-hybridized carbons (Fsp3) is 0.857. The molecule has 0 aliphatic carbocycles. The molecule has 0 aromatic rings. The number of hydrogen-bond acceptors (Lipinski definition) is 9. The van der Waals surface area contributed by atoms with Crippen LogP contribution in [0, 0.1) is 0 Å². The van der Waals surface area contributed by atoms with Crippen LogP contribution in [0.25, 0.3) is 0 Å². The zero-order chi connectivity index (χ0) is 30.0. The standard InChI is InChI=1S/C28H52N4O7/c1-26(2,3)37-22(33)17-19(29)18-31-20(13-10-11-15-30-25(36)39-28(7,8)9)23(34)32-16-12-14-21(32)24(35)38-27(4,5)6/h19-21,31H,10-18,29H2,1-9H3,(H,30,36)/t19-,20-,21-/m0/s1. The summed E-state index contributed by atoms with van der Waals surface area (Å²) in [5.74, 6) is -1.01. The zero-order valence-electron chi connectivity index (χ0n) is 25.5. The van der Waals surface area contributed by atoms with Gasteiger partial charge in [-0.3, -0.25) is 9.59 Å². The molecule has 11 heteroatoms. The lowest BCUT2D eigenvalue weighted by molar-refractivity contribution is -0.163. The van der Waals surface area contributed by atoms with E-state index in [-0.39, 0.29) is 18.9 Å². The van der Waals surface area contributed by atoms with E-state index in [1.807, 2.05) is 0 Å². The molecular formula is C28H52N4O7. The summed E-state index contributed by atoms with van der Waals surface area (Å²) in [5, 5.41) is 5.94. The minimum Gasteiger partial charge on any atom is -0.460 e. The lowest BCUT2D eigenvalue weighted by Gasteiger charge is -2.31. The maximum Gasteiger partial charge on any atom is 0.407 e. The summed E-state index contributed by atoms with van der Waals surface area (Å²) in [7, 11) is 0. The van der Waals surface area contributed by atoms with Gasteiger partial charge in [-0.05, 0) is 94.4 Å². The number of nitrogens with one attached hydrogen (secondary N) is 2. The molecule has 39 heavy (non-hydrogen) atoms. The highest BCUT2D eigenvalue weighted by molar-refractivity contribution is 5.88. The van der Waals surface area contributed by atoms with Crippen LogP contribution < -0.4 is 16.4 Å². The maximum atomic E-state index is 13.6. The van der Waals surface area contributed by atoms with Crippen molar-refractivity contribution in [2.45, 2.75) is 136 Å². The Kier molecular flexibility index (Phi) is 13.2. The number of amides is 2. The Morgan fingerprint density at radius 1 is 0.897 bits per heavy atom. The van der Waals surface area contributed by atoms with E-state index in [1.165, 1.54) is 0 Å². The van der Waals surface area contributed by atoms with Crippen LogP contribution in [0.1, 0.15) is 101 Å². The van der Waals surface area contributed by atoms with E-state index >= 15 is 0 Å². The first-order valence-corrected chi connectivity index (χ1v) is 14.0. The number of nitrogens with two attached hydrogens (primary N) is 1. The first-order valence-electron chi connectivity index (χ1n) is 14.0. The number of nitrogens with zero attached hydrogens (tertiary/aromatic N) is 1. The van der Waals surface area contributed by atoms with Crippen LogP contribution >= 0.6 is 0 Å². The number of unbranched alkanes of at least 4 members (excludes halogenated alkanes) is 1. The van der Waals surface area contributed by atoms with Gasteiger partial charge < -0.3 is 35.5 Å². The van der Waals surface area contributed by atoms with Crippen molar-refractivity contribution < 1.29 is 33.4 Å². The molecule has 0 bridgehead atoms. The van der Waals surface area contributed by atoms with Gasteiger partial charge in [-0.2, -0.15) is 0 Å². The number of carbonyl (C=O) groups excluding carboxylic acids is 4. The predicted octanol–water partition coefficient (Wildman–Crippen LogP) is 3.03. The number of hydrogen-bond donors (Lipinski definition) is 3. The molecule has 11 nitrogen and oxygen atoms in total. The number of likely N-dealkylation sites (tertiary alicyclic amines) is 1. The van der Waals surface area contributed by atoms with Crippen LogP contribution in [0.2, 0.25) is 0 Å². The van der Waals surface area contributed by atoms with Gasteiger partial charge in [0.2, 0.25) is 5.91 Å². The molecular weight excluding hydrogens is 504 g/mol. The molecule has 0 aromatic carbocycles. The van der Waals surface area contributed by atoms with Crippen molar-refractivity contribution in [1.82, 2.24) is 15.5 Å². The lowest BCUT2D eigenvalue weighted by atomic mass is 10.1. The Morgan fingerprint density at radius 3 is 2.05 bits per heavy atom. The number of esters is 2. The summed E-state index contributed by atoms with van der Waals surface area (Å²) in [5.41, 5.74) is 4.34. The molecule has 1 aliphatic heterocycles. The third-order valence-electron chi connectivity index (χ3n) is 5.58. The molecule has 0 unspecified atom stereocenters. The number of rotatable bonds is 12. The summed E-state index contributed by atoms with van der Waals surface area (Å²) >= 11 is 0. The number of alkyl carbamates (subject to hydrolysis) is 1. The van der Waals surface area contributed by atoms with Gasteiger partial charge in [-0.15, -0.1) is 0 Å². The average Bonchev–Trinajstić information content (AvgIpc) is 3.21. The fourth-order valence-corrected chi connectivity index (χ4v) is 4.10. The average molecular weight is 557 g/mol. The van der Waals surface area contributed by atoms with Gasteiger partial charge >= 0.3 is 18.0 Å². The second-order valence-electron chi connectivity index (χ2n) is 13.2. The van der Waals surface area contributed by atoms with E-state index in [1.54, 1.807) is 67.2 Å². The topological polar surface area (TPSA) is 149 Å². The van der Waals surface area contributed by atoms with Crippen LogP contribution in [-0.4, -0.2) is 83.4 Å². The van der Waals surface area contributed by atoms with Crippen molar-refractivity contribution >= 4 is 23.9 Å². The first kappa shape index (κ1) is 34.6. The molecule has 1 fully saturated rings. The Morgan fingerprint density at radius 2 is 1.49 bits per heavy atom. The monoisotopic (exact) mass is 556 g/mol. The summed E-state index contributed by atoms with van der Waals surface area (Å²) in [6.07, 6.45) is 2.50. The van der Waals surface area contributed by atoms with Crippen LogP contribution in [0.5, 0.6) is 0 Å². The molecule has 1 saturated heterocycles. The van der Waals surface area contributed by atoms with Crippen molar-refractivity contribution in [1.29, 1.82) is 0 Å². The minimum absolute atomic E-state index is 0.00916. The molecule has 1 rings (SSSR count). The van der Waals surface area contributed by atoms with Gasteiger partial charge in [0.15, 0.2) is 0 Å². The van der Waals surface area contributed by atoms with Gasteiger partial charge in [0.25, 0.3) is 0 Å². The van der Waals surface area contributed by atoms with Crippen molar-refractivity contribution in [3.8, 4) is 0 Å². The molecule has 1 heterocycles. The largest absolute Gasteiger partial charge is 0.460 e. The Balaban J connectivity index is 2.80. The summed E-state index contributed by atoms with van der Waals surface area (Å²) in [6, 6.07) is -1.80. The van der Waals surface area contributed by atoms with Gasteiger partial charge in [0, 0.05) is 25.7 Å². The maximum absolute atomic E-state index is 13.6. The zero-order valence-corrected chi connectivity index (χ0v) is 25.5. The third-order valence-corrected chi connectivity index (χ3v) is 5.58. The molecule has 2 amide bonds. The van der Waals surface area contributed by atoms with E-state index < -0.39 is 53.0 Å². The lowest BCUT2D eigenvalue weighted by Crippen LogP contribution is -2.53. The second-order valence-corrected chi connectivity index (χ2v) is 13.2. The van der Waals surface area contributed by atoms with E-state index in [0.717, 1.165) is 0 Å². The molecule has 226 valence electrons. The molecule has 3 atom stereocenters. The van der Waals surface area contributed by atoms with Crippen molar-refractivity contribution in [2.75, 3.05) is 19.6 Å². The summed E-state index contributed by atoms with van der Waals surface area (Å²) in [4.78, 5) is 52.1. The van der Waals surface area contributed by atoms with Crippen LogP contribution in [0.4, 0.5) is 4.79 Å². The quantitative estimate of drug-likeness (QED) is 0.187. The molecule has 1 aliphatic rings. The third kappa shape index (κ3) is 15.1. The normalized spacial score (nSPS) is 17.8. The minimum atomic E-state index is -0.651. The van der Waals surface area contributed by atoms with Gasteiger partial charge in [0.05, 0.1) is 12.5 Å². The van der Waals surface area contributed by atoms with Crippen LogP contribution in [-0.2, 0) is 28.6 Å². The van der Waals surface area contributed by atoms with Crippen molar-refractivity contribution in [2.24, 2.45) is 5.73 Å². The Bertz CT molecular complexity index is 827. The van der Waals surface area contributed by atoms with Crippen molar-refractivity contribution in [3.05, 3.63) is 0 Å². The summed E-state index contributed by atoms with van der Waals surface area (Å²) in [6.45, 7) is 17.2. The van der Waals surface area contributed by atoms with E-state index in [4.69, 9.17) is 19.9 Å². The highest BCUT2D eigenvalue weighted by Gasteiger charge is 2.39. The van der Waals surface area contributed by atoms with Crippen molar-refractivity contribution in [3.63, 3.8) is 0 Å². The predicted molar refractivity (Wildman–Crippen MR) is 149 cm³/mol. The van der Waals surface area contributed by atoms with Gasteiger partial charge in [0.1, 0.15) is 22.8 Å². The number of carbonyl (C=O) groups is 4. The SMILES string of the molecule is CC(C)(C)OC(=O)C[C@H](N)CN[C@@H](CCCCNC(=O)OC(C)(C)C)C(=O)N1CCC[C@H]1C(=O)OC(C)(C)C. The molecule has 4 N–H and O–H groups in total. The van der Waals surface area contributed by atoms with Gasteiger partial charge in [-0.1, -0.05) is 0 Å². The second kappa shape index (κ2) is 14.8. The molecule has 0 radical (unpaired) electrons. The summed E-state index contributed by atoms with van der Waals surface area (Å²) < 4.78 is 16.2. The highest BCUT2D eigenvalue weighted by atomic mass is 16.6. The highest BCUT2D eigenvalue weighted by Crippen LogP contribution is 2.23. The van der Waals surface area contributed by atoms with Crippen LogP contribution in [0.3, 0.4) is 0 Å². The smallest absolute Gasteiger partial charge is 0.407 e. The molecule has 0 aromatic heterocycles. The van der Waals surface area contributed by atoms with Crippen LogP contribution in [0.15, 0.2) is 0 Å². The van der Waals surface area contributed by atoms with E-state index in [9.17, 15) is 19.2 Å². The molecule has 0 saturated carbocycles. The fourth-order valence-electron chi connectivity index (χ4n) is 4.10. The number of ether oxygens (including phenoxy) is 3. The first-order chi connectivity index (χ1) is 17.8. The van der Waals surface area contributed by atoms with E-state index in [0.29, 0.717) is 45.2 Å². The Hall–Kier alpha value is -2.40.